The van der Waals surface area contributed by atoms with E-state index in [4.69, 9.17) is 16.3 Å². The van der Waals surface area contributed by atoms with Crippen molar-refractivity contribution in [3.63, 3.8) is 0 Å². The van der Waals surface area contributed by atoms with E-state index in [1.165, 1.54) is 18.1 Å². The summed E-state index contributed by atoms with van der Waals surface area (Å²) in [5.41, 5.74) is 2.93. The molecule has 18 heavy (non-hydrogen) atoms. The van der Waals surface area contributed by atoms with Gasteiger partial charge < -0.3 is 4.74 Å². The molecular weight excluding hydrogens is 248 g/mol. The number of alkyl halides is 1. The van der Waals surface area contributed by atoms with Crippen LogP contribution in [0, 0.1) is 11.8 Å². The van der Waals surface area contributed by atoms with Crippen molar-refractivity contribution in [2.24, 2.45) is 11.8 Å². The van der Waals surface area contributed by atoms with Crippen LogP contribution in [0.3, 0.4) is 0 Å². The summed E-state index contributed by atoms with van der Waals surface area (Å²) in [6, 6.07) is 8.64. The van der Waals surface area contributed by atoms with Crippen molar-refractivity contribution in [2.75, 3.05) is 0 Å². The Labute approximate surface area is 111 Å². The van der Waals surface area contributed by atoms with E-state index < -0.39 is 0 Å². The van der Waals surface area contributed by atoms with Crippen LogP contribution < -0.4 is 0 Å². The first kappa shape index (κ1) is 10.9. The van der Waals surface area contributed by atoms with Gasteiger partial charge in [-0.2, -0.15) is 0 Å². The molecule has 3 aliphatic carbocycles. The van der Waals surface area contributed by atoms with E-state index in [1.807, 2.05) is 0 Å². The second-order valence-electron chi connectivity index (χ2n) is 5.76. The van der Waals surface area contributed by atoms with Crippen LogP contribution in [-0.4, -0.2) is 17.5 Å². The van der Waals surface area contributed by atoms with Gasteiger partial charge in [-0.25, -0.2) is 0 Å². The lowest BCUT2D eigenvalue weighted by Gasteiger charge is -2.46. The highest BCUT2D eigenvalue weighted by atomic mass is 35.5. The molecule has 3 heteroatoms. The average molecular weight is 263 g/mol. The van der Waals surface area contributed by atoms with Gasteiger partial charge in [-0.1, -0.05) is 24.3 Å². The fourth-order valence-corrected chi connectivity index (χ4v) is 5.00. The molecule has 1 aromatic rings. The van der Waals surface area contributed by atoms with Gasteiger partial charge in [0.15, 0.2) is 0 Å². The fourth-order valence-electron chi connectivity index (χ4n) is 4.50. The summed E-state index contributed by atoms with van der Waals surface area (Å²) < 4.78 is 5.45. The van der Waals surface area contributed by atoms with Crippen molar-refractivity contribution in [1.29, 1.82) is 0 Å². The molecule has 6 atom stereocenters. The van der Waals surface area contributed by atoms with E-state index in [2.05, 4.69) is 24.3 Å². The second kappa shape index (κ2) is 3.51. The molecule has 2 nitrogen and oxygen atoms in total. The van der Waals surface area contributed by atoms with Crippen molar-refractivity contribution in [2.45, 2.75) is 36.7 Å². The van der Waals surface area contributed by atoms with Gasteiger partial charge >= 0.3 is 5.97 Å². The Kier molecular flexibility index (Phi) is 2.12. The third kappa shape index (κ3) is 1.17. The van der Waals surface area contributed by atoms with Crippen molar-refractivity contribution >= 4 is 17.6 Å². The predicted molar refractivity (Wildman–Crippen MR) is 68.7 cm³/mol. The standard InChI is InChI=1S/C15H15ClO2/c1-7(17)18-15-11-6-10(14(15)16)12-8-4-2-3-5-9(8)13(11)12/h2-5,10-15H,6H2,1H3/t10-,11+,12-,13+,14-,15+/m0/s1. The summed E-state index contributed by atoms with van der Waals surface area (Å²) in [6.07, 6.45) is 1.03. The van der Waals surface area contributed by atoms with E-state index in [9.17, 15) is 4.79 Å². The molecule has 0 heterocycles. The highest BCUT2D eigenvalue weighted by Crippen LogP contribution is 2.68. The lowest BCUT2D eigenvalue weighted by atomic mass is 9.61. The van der Waals surface area contributed by atoms with Gasteiger partial charge in [0.25, 0.3) is 0 Å². The van der Waals surface area contributed by atoms with Crippen LogP contribution in [0.4, 0.5) is 0 Å². The van der Waals surface area contributed by atoms with E-state index in [0.29, 0.717) is 23.7 Å². The molecule has 0 radical (unpaired) electrons. The minimum absolute atomic E-state index is 0.00601. The Morgan fingerprint density at radius 3 is 2.44 bits per heavy atom. The third-order valence-corrected chi connectivity index (χ3v) is 5.59. The molecule has 3 aliphatic rings. The zero-order chi connectivity index (χ0) is 12.4. The van der Waals surface area contributed by atoms with Gasteiger partial charge in [0, 0.05) is 12.8 Å². The van der Waals surface area contributed by atoms with Crippen molar-refractivity contribution in [3.8, 4) is 0 Å². The number of hydrogen-bond donors (Lipinski definition) is 0. The summed E-state index contributed by atoms with van der Waals surface area (Å²) >= 11 is 6.50. The first-order valence-corrected chi connectivity index (χ1v) is 7.02. The van der Waals surface area contributed by atoms with Gasteiger partial charge in [0.05, 0.1) is 5.38 Å². The van der Waals surface area contributed by atoms with Crippen LogP contribution in [-0.2, 0) is 9.53 Å². The van der Waals surface area contributed by atoms with Crippen LogP contribution in [0.2, 0.25) is 0 Å². The zero-order valence-corrected chi connectivity index (χ0v) is 10.9. The Balaban J connectivity index is 1.70. The number of hydrogen-bond acceptors (Lipinski definition) is 2. The van der Waals surface area contributed by atoms with Crippen molar-refractivity contribution < 1.29 is 9.53 Å². The second-order valence-corrected chi connectivity index (χ2v) is 6.27. The minimum atomic E-state index is -0.206. The lowest BCUT2D eigenvalue weighted by molar-refractivity contribution is -0.149. The minimum Gasteiger partial charge on any atom is -0.461 e. The maximum absolute atomic E-state index is 11.2. The number of carbonyl (C=O) groups is 1. The fraction of sp³-hybridized carbons (Fsp3) is 0.533. The molecule has 1 aromatic carbocycles. The normalized spacial score (nSPS) is 43.0. The molecule has 0 N–H and O–H groups in total. The van der Waals surface area contributed by atoms with E-state index in [-0.39, 0.29) is 17.5 Å². The monoisotopic (exact) mass is 262 g/mol. The quantitative estimate of drug-likeness (QED) is 0.574. The topological polar surface area (TPSA) is 26.3 Å². The van der Waals surface area contributed by atoms with E-state index in [1.54, 1.807) is 0 Å². The third-order valence-electron chi connectivity index (χ3n) is 5.01. The summed E-state index contributed by atoms with van der Waals surface area (Å²) in [5, 5.41) is -0.00601. The van der Waals surface area contributed by atoms with Crippen LogP contribution in [0.1, 0.15) is 36.3 Å². The number of fused-ring (bicyclic) bond motifs is 8. The van der Waals surface area contributed by atoms with Gasteiger partial charge in [0.2, 0.25) is 0 Å². The van der Waals surface area contributed by atoms with Crippen LogP contribution in [0.15, 0.2) is 24.3 Å². The van der Waals surface area contributed by atoms with Crippen LogP contribution in [0.25, 0.3) is 0 Å². The van der Waals surface area contributed by atoms with Crippen molar-refractivity contribution in [3.05, 3.63) is 35.4 Å². The van der Waals surface area contributed by atoms with E-state index >= 15 is 0 Å². The molecule has 0 aromatic heterocycles. The first-order valence-electron chi connectivity index (χ1n) is 6.58. The maximum Gasteiger partial charge on any atom is 0.302 e. The number of esters is 1. The summed E-state index contributed by atoms with van der Waals surface area (Å²) in [4.78, 5) is 11.2. The SMILES string of the molecule is CC(=O)O[C@H]1[C@@H](Cl)[C@H]2C[C@@H]1[C@H]1c3ccccc3[C@@H]21. The Hall–Kier alpha value is -1.02. The molecule has 2 saturated carbocycles. The number of rotatable bonds is 1. The molecule has 94 valence electrons. The zero-order valence-electron chi connectivity index (χ0n) is 10.2. The molecule has 2 fully saturated rings. The number of ether oxygens (including phenoxy) is 1. The molecule has 2 bridgehead atoms. The number of carbonyl (C=O) groups excluding carboxylic acids is 1. The molecule has 0 amide bonds. The summed E-state index contributed by atoms with van der Waals surface area (Å²) in [6.45, 7) is 1.47. The maximum atomic E-state index is 11.2. The van der Waals surface area contributed by atoms with Gasteiger partial charge in [-0.3, -0.25) is 4.79 Å². The highest BCUT2D eigenvalue weighted by molar-refractivity contribution is 6.21. The smallest absolute Gasteiger partial charge is 0.302 e. The Morgan fingerprint density at radius 2 is 1.83 bits per heavy atom. The molecule has 0 spiro atoms. The van der Waals surface area contributed by atoms with E-state index in [0.717, 1.165) is 6.42 Å². The van der Waals surface area contributed by atoms with Gasteiger partial charge in [-0.05, 0) is 35.3 Å². The average Bonchev–Trinajstić information content (AvgIpc) is 2.79. The highest BCUT2D eigenvalue weighted by Gasteiger charge is 2.64. The van der Waals surface area contributed by atoms with Gasteiger partial charge in [-0.15, -0.1) is 11.6 Å². The lowest BCUT2D eigenvalue weighted by Crippen LogP contribution is -2.44. The molecule has 0 unspecified atom stereocenters. The number of benzene rings is 1. The molecule has 4 rings (SSSR count). The van der Waals surface area contributed by atoms with Crippen LogP contribution in [0.5, 0.6) is 0 Å². The Bertz CT molecular complexity index is 527. The summed E-state index contributed by atoms with van der Waals surface area (Å²) in [7, 11) is 0. The van der Waals surface area contributed by atoms with Gasteiger partial charge in [0.1, 0.15) is 6.10 Å². The first-order chi connectivity index (χ1) is 8.68. The molecule has 0 saturated heterocycles. The Morgan fingerprint density at radius 1 is 1.22 bits per heavy atom. The van der Waals surface area contributed by atoms with Crippen molar-refractivity contribution in [1.82, 2.24) is 0 Å². The number of halogens is 1. The van der Waals surface area contributed by atoms with Crippen LogP contribution >= 0.6 is 11.6 Å². The molecule has 0 aliphatic heterocycles. The predicted octanol–water partition coefficient (Wildman–Crippen LogP) is 3.06. The molecular formula is C15H15ClO2. The summed E-state index contributed by atoms with van der Waals surface area (Å²) in [5.74, 6) is 1.90. The largest absolute Gasteiger partial charge is 0.461 e.